The van der Waals surface area contributed by atoms with Gasteiger partial charge in [-0.05, 0) is 89.9 Å². The maximum absolute atomic E-state index is 12.8. The summed E-state index contributed by atoms with van der Waals surface area (Å²) in [6.45, 7) is 6.48. The minimum Gasteiger partial charge on any atom is -0.462 e. The number of hydrogen-bond acceptors (Lipinski definition) is 6. The van der Waals surface area contributed by atoms with E-state index < -0.39 is 6.10 Å². The molecule has 0 aliphatic carbocycles. The molecule has 0 aromatic carbocycles. The maximum atomic E-state index is 12.8. The predicted molar refractivity (Wildman–Crippen MR) is 261 cm³/mol. The van der Waals surface area contributed by atoms with Gasteiger partial charge in [0.05, 0.1) is 0 Å². The van der Waals surface area contributed by atoms with Crippen molar-refractivity contribution >= 4 is 17.9 Å². The highest BCUT2D eigenvalue weighted by molar-refractivity contribution is 5.71. The lowest BCUT2D eigenvalue weighted by Crippen LogP contribution is -2.30. The van der Waals surface area contributed by atoms with Crippen LogP contribution in [-0.4, -0.2) is 37.2 Å². The number of unbranched alkanes of at least 4 members (excludes halogenated alkanes) is 23. The van der Waals surface area contributed by atoms with E-state index in [0.717, 1.165) is 89.9 Å². The molecule has 61 heavy (non-hydrogen) atoms. The number of rotatable bonds is 44. The Balaban J connectivity index is 4.46. The Bertz CT molecular complexity index is 1200. The van der Waals surface area contributed by atoms with Gasteiger partial charge >= 0.3 is 17.9 Å². The third-order valence-electron chi connectivity index (χ3n) is 10.5. The summed E-state index contributed by atoms with van der Waals surface area (Å²) in [5, 5.41) is 0. The standard InChI is InChI=1S/C55H92O6/c1-4-7-10-13-16-19-21-23-25-27-28-30-31-33-36-39-42-45-48-54(57)60-51-52(50-59-53(56)47-44-41-38-35-18-15-12-9-6-3)61-55(58)49-46-43-40-37-34-32-29-26-24-22-20-17-14-11-8-5-2/h16,19,21,23,25-30,32,34-35,38,52H,4-15,17-18,20,22,24,31,33,36-37,39-51H2,1-3H3/b19-16-,23-21-,27-25-,29-26-,30-28-,34-32-,38-35-. The molecule has 348 valence electrons. The van der Waals surface area contributed by atoms with E-state index in [4.69, 9.17) is 14.2 Å². The van der Waals surface area contributed by atoms with Gasteiger partial charge in [0, 0.05) is 19.3 Å². The van der Waals surface area contributed by atoms with Crippen molar-refractivity contribution in [3.63, 3.8) is 0 Å². The SMILES string of the molecule is CCCCC\C=C/C=C\C=C/C=C\CCCCCCCC(=O)OCC(COC(=O)CCC/C=C\CCCCCC)OC(=O)CCCCC/C=C\C=C/CCCCCCCCC. The maximum Gasteiger partial charge on any atom is 0.306 e. The zero-order valence-corrected chi connectivity index (χ0v) is 39.7. The lowest BCUT2D eigenvalue weighted by atomic mass is 10.1. The Hall–Kier alpha value is -3.41. The summed E-state index contributed by atoms with van der Waals surface area (Å²) < 4.78 is 16.7. The first-order valence-corrected chi connectivity index (χ1v) is 25.2. The molecule has 0 N–H and O–H groups in total. The van der Waals surface area contributed by atoms with Gasteiger partial charge in [0.2, 0.25) is 0 Å². The van der Waals surface area contributed by atoms with Crippen molar-refractivity contribution < 1.29 is 28.6 Å². The molecular formula is C55H92O6. The smallest absolute Gasteiger partial charge is 0.306 e. The Morgan fingerprint density at radius 3 is 1.11 bits per heavy atom. The van der Waals surface area contributed by atoms with Crippen molar-refractivity contribution in [2.45, 2.75) is 232 Å². The van der Waals surface area contributed by atoms with E-state index in [1.807, 2.05) is 0 Å². The van der Waals surface area contributed by atoms with Gasteiger partial charge in [0.1, 0.15) is 13.2 Å². The van der Waals surface area contributed by atoms with Crippen LogP contribution in [0.25, 0.3) is 0 Å². The number of ether oxygens (including phenoxy) is 3. The van der Waals surface area contributed by atoms with E-state index in [9.17, 15) is 14.4 Å². The summed E-state index contributed by atoms with van der Waals surface area (Å²) in [7, 11) is 0. The van der Waals surface area contributed by atoms with E-state index in [2.05, 4.69) is 106 Å². The highest BCUT2D eigenvalue weighted by Gasteiger charge is 2.19. The molecular weight excluding hydrogens is 757 g/mol. The van der Waals surface area contributed by atoms with Crippen LogP contribution < -0.4 is 0 Å². The monoisotopic (exact) mass is 849 g/mol. The van der Waals surface area contributed by atoms with Crippen LogP contribution in [0.4, 0.5) is 0 Å². The predicted octanol–water partition coefficient (Wildman–Crippen LogP) is 16.4. The summed E-state index contributed by atoms with van der Waals surface area (Å²) in [6, 6.07) is 0. The van der Waals surface area contributed by atoms with Crippen LogP contribution in [0.15, 0.2) is 85.1 Å². The fraction of sp³-hybridized carbons (Fsp3) is 0.691. The molecule has 0 aromatic heterocycles. The average molecular weight is 849 g/mol. The van der Waals surface area contributed by atoms with E-state index in [-0.39, 0.29) is 37.5 Å². The lowest BCUT2D eigenvalue weighted by Gasteiger charge is -2.18. The second kappa shape index (κ2) is 49.2. The Labute approximate surface area is 375 Å². The molecule has 0 bridgehead atoms. The van der Waals surface area contributed by atoms with Gasteiger partial charge in [0.15, 0.2) is 6.10 Å². The molecule has 0 aromatic rings. The van der Waals surface area contributed by atoms with Crippen molar-refractivity contribution in [1.29, 1.82) is 0 Å². The Kier molecular flexibility index (Phi) is 46.5. The van der Waals surface area contributed by atoms with Crippen LogP contribution >= 0.6 is 0 Å². The van der Waals surface area contributed by atoms with Crippen LogP contribution in [-0.2, 0) is 28.6 Å². The molecule has 1 atom stereocenters. The van der Waals surface area contributed by atoms with E-state index >= 15 is 0 Å². The molecule has 0 saturated carbocycles. The van der Waals surface area contributed by atoms with E-state index in [0.29, 0.717) is 19.3 Å². The van der Waals surface area contributed by atoms with Crippen LogP contribution in [0.1, 0.15) is 226 Å². The summed E-state index contributed by atoms with van der Waals surface area (Å²) in [4.78, 5) is 37.8. The fourth-order valence-electron chi connectivity index (χ4n) is 6.62. The first kappa shape index (κ1) is 57.6. The molecule has 6 nitrogen and oxygen atoms in total. The molecule has 0 spiro atoms. The van der Waals surface area contributed by atoms with Gasteiger partial charge in [-0.15, -0.1) is 0 Å². The van der Waals surface area contributed by atoms with Gasteiger partial charge in [-0.3, -0.25) is 14.4 Å². The van der Waals surface area contributed by atoms with Gasteiger partial charge < -0.3 is 14.2 Å². The summed E-state index contributed by atoms with van der Waals surface area (Å²) in [5.41, 5.74) is 0. The van der Waals surface area contributed by atoms with Gasteiger partial charge in [-0.1, -0.05) is 202 Å². The molecule has 6 heteroatoms. The van der Waals surface area contributed by atoms with Crippen molar-refractivity contribution in [2.75, 3.05) is 13.2 Å². The average Bonchev–Trinajstić information content (AvgIpc) is 3.26. The minimum atomic E-state index is -0.810. The van der Waals surface area contributed by atoms with Crippen molar-refractivity contribution in [3.05, 3.63) is 85.1 Å². The first-order chi connectivity index (χ1) is 30.0. The Morgan fingerprint density at radius 2 is 0.623 bits per heavy atom. The Morgan fingerprint density at radius 1 is 0.328 bits per heavy atom. The minimum absolute atomic E-state index is 0.109. The number of esters is 3. The second-order valence-electron chi connectivity index (χ2n) is 16.5. The van der Waals surface area contributed by atoms with Crippen LogP contribution in [0.2, 0.25) is 0 Å². The van der Waals surface area contributed by atoms with Gasteiger partial charge in [-0.25, -0.2) is 0 Å². The fourth-order valence-corrected chi connectivity index (χ4v) is 6.62. The third-order valence-corrected chi connectivity index (χ3v) is 10.5. The first-order valence-electron chi connectivity index (χ1n) is 25.2. The second-order valence-corrected chi connectivity index (χ2v) is 16.5. The molecule has 0 amide bonds. The third kappa shape index (κ3) is 47.5. The van der Waals surface area contributed by atoms with Crippen molar-refractivity contribution in [2.24, 2.45) is 0 Å². The number of carbonyl (C=O) groups is 3. The van der Waals surface area contributed by atoms with E-state index in [1.165, 1.54) is 89.9 Å². The van der Waals surface area contributed by atoms with E-state index in [1.54, 1.807) is 0 Å². The molecule has 0 radical (unpaired) electrons. The quantitative estimate of drug-likeness (QED) is 0.0200. The zero-order valence-electron chi connectivity index (χ0n) is 39.7. The number of carbonyl (C=O) groups excluding carboxylic acids is 3. The molecule has 0 saturated heterocycles. The highest BCUT2D eigenvalue weighted by Crippen LogP contribution is 2.12. The van der Waals surface area contributed by atoms with Crippen LogP contribution in [0.3, 0.4) is 0 Å². The van der Waals surface area contributed by atoms with Crippen LogP contribution in [0.5, 0.6) is 0 Å². The molecule has 0 rings (SSSR count). The number of hydrogen-bond donors (Lipinski definition) is 0. The molecule has 1 unspecified atom stereocenters. The molecule has 0 aliphatic rings. The summed E-state index contributed by atoms with van der Waals surface area (Å²) in [6.07, 6.45) is 62.9. The number of allylic oxidation sites excluding steroid dienone is 14. The summed E-state index contributed by atoms with van der Waals surface area (Å²) >= 11 is 0. The lowest BCUT2D eigenvalue weighted by molar-refractivity contribution is -0.167. The van der Waals surface area contributed by atoms with Crippen LogP contribution in [0, 0.1) is 0 Å². The summed E-state index contributed by atoms with van der Waals surface area (Å²) in [5.74, 6) is -0.996. The highest BCUT2D eigenvalue weighted by atomic mass is 16.6. The topological polar surface area (TPSA) is 78.9 Å². The normalized spacial score (nSPS) is 12.8. The molecule has 0 heterocycles. The molecule has 0 aliphatic heterocycles. The largest absolute Gasteiger partial charge is 0.462 e. The van der Waals surface area contributed by atoms with Crippen molar-refractivity contribution in [1.82, 2.24) is 0 Å². The van der Waals surface area contributed by atoms with Gasteiger partial charge in [0.25, 0.3) is 0 Å². The van der Waals surface area contributed by atoms with Crippen molar-refractivity contribution in [3.8, 4) is 0 Å². The van der Waals surface area contributed by atoms with Gasteiger partial charge in [-0.2, -0.15) is 0 Å². The zero-order chi connectivity index (χ0) is 44.4. The molecule has 0 fully saturated rings.